The molecule has 0 unspecified atom stereocenters. The third-order valence-electron chi connectivity index (χ3n) is 8.44. The zero-order valence-corrected chi connectivity index (χ0v) is 22.9. The van der Waals surface area contributed by atoms with Gasteiger partial charge in [0, 0.05) is 0 Å². The molecule has 0 aliphatic heterocycles. The quantitative estimate of drug-likeness (QED) is 0.194. The molecule has 0 N–H and O–H groups in total. The lowest BCUT2D eigenvalue weighted by atomic mass is 9.94. The fourth-order valence-corrected chi connectivity index (χ4v) is 6.50. The molecule has 0 heterocycles. The third kappa shape index (κ3) is 5.36. The summed E-state index contributed by atoms with van der Waals surface area (Å²) in [6.45, 7) is 0. The Morgan fingerprint density at radius 2 is 0.700 bits per heavy atom. The largest absolute Gasteiger partial charge is 0.0759 e. The molecule has 2 aliphatic carbocycles. The molecular weight excluding hydrogens is 480 g/mol. The smallest absolute Gasteiger partial charge is 0.00227 e. The van der Waals surface area contributed by atoms with Crippen LogP contribution < -0.4 is 0 Å². The molecule has 0 saturated heterocycles. The normalized spacial score (nSPS) is 13.5. The van der Waals surface area contributed by atoms with E-state index in [2.05, 4.69) is 133 Å². The van der Waals surface area contributed by atoms with Gasteiger partial charge in [0.25, 0.3) is 0 Å². The maximum Gasteiger partial charge on any atom is -0.00227 e. The van der Waals surface area contributed by atoms with Crippen LogP contribution in [0, 0.1) is 0 Å². The van der Waals surface area contributed by atoms with Crippen molar-refractivity contribution in [2.24, 2.45) is 0 Å². The molecule has 0 fully saturated rings. The average Bonchev–Trinajstić information content (AvgIpc) is 3.58. The van der Waals surface area contributed by atoms with E-state index >= 15 is 0 Å². The molecule has 0 radical (unpaired) electrons. The van der Waals surface area contributed by atoms with E-state index in [1.165, 1.54) is 66.8 Å². The SMILES string of the molecule is C1=C(Cc2cccc(Cc3cccc(Cc4cccc(CC5=CCc6ccccc65)c4)c3)c2)c2ccccc2C1. The van der Waals surface area contributed by atoms with Crippen molar-refractivity contribution in [3.05, 3.63) is 189 Å². The summed E-state index contributed by atoms with van der Waals surface area (Å²) in [7, 11) is 0. The first-order valence-electron chi connectivity index (χ1n) is 14.5. The predicted molar refractivity (Wildman–Crippen MR) is 169 cm³/mol. The van der Waals surface area contributed by atoms with Crippen molar-refractivity contribution in [2.45, 2.75) is 38.5 Å². The van der Waals surface area contributed by atoms with E-state index < -0.39 is 0 Å². The van der Waals surface area contributed by atoms with E-state index in [4.69, 9.17) is 0 Å². The standard InChI is InChI=1S/C40H34/c1-3-16-39-35(14-1)18-20-37(39)27-33-12-6-10-31(25-33)23-29-8-5-9-30(22-29)24-32-11-7-13-34(26-32)28-38-21-19-36-15-2-4-17-40(36)38/h1-17,20-22,25-26H,18-19,23-24,27-28H2. The summed E-state index contributed by atoms with van der Waals surface area (Å²) in [6, 6.07) is 45.1. The van der Waals surface area contributed by atoms with Crippen molar-refractivity contribution in [1.29, 1.82) is 0 Å². The Labute approximate surface area is 238 Å². The van der Waals surface area contributed by atoms with Crippen LogP contribution in [0.15, 0.2) is 133 Å². The molecule has 7 rings (SSSR count). The number of rotatable bonds is 8. The highest BCUT2D eigenvalue weighted by Gasteiger charge is 2.15. The van der Waals surface area contributed by atoms with Crippen molar-refractivity contribution in [3.63, 3.8) is 0 Å². The molecule has 194 valence electrons. The van der Waals surface area contributed by atoms with Crippen LogP contribution >= 0.6 is 0 Å². The van der Waals surface area contributed by atoms with Gasteiger partial charge in [-0.05, 0) is 105 Å². The van der Waals surface area contributed by atoms with E-state index in [0.29, 0.717) is 0 Å². The summed E-state index contributed by atoms with van der Waals surface area (Å²) in [5.41, 5.74) is 17.0. The monoisotopic (exact) mass is 514 g/mol. The molecule has 40 heavy (non-hydrogen) atoms. The van der Waals surface area contributed by atoms with Crippen molar-refractivity contribution in [2.75, 3.05) is 0 Å². The lowest BCUT2D eigenvalue weighted by Crippen LogP contribution is -1.96. The third-order valence-corrected chi connectivity index (χ3v) is 8.44. The maximum atomic E-state index is 2.40. The Morgan fingerprint density at radius 3 is 1.10 bits per heavy atom. The number of hydrogen-bond acceptors (Lipinski definition) is 0. The molecule has 0 atom stereocenters. The molecular formula is C40H34. The number of fused-ring (bicyclic) bond motifs is 2. The zero-order chi connectivity index (χ0) is 26.7. The van der Waals surface area contributed by atoms with Crippen molar-refractivity contribution in [1.82, 2.24) is 0 Å². The lowest BCUT2D eigenvalue weighted by Gasteiger charge is -2.10. The molecule has 0 saturated carbocycles. The number of hydrogen-bond donors (Lipinski definition) is 0. The summed E-state index contributed by atoms with van der Waals surface area (Å²) in [5.74, 6) is 0. The van der Waals surface area contributed by atoms with E-state index in [1.54, 1.807) is 0 Å². The number of benzene rings is 5. The minimum Gasteiger partial charge on any atom is -0.0759 e. The Bertz CT molecular complexity index is 1620. The van der Waals surface area contributed by atoms with Crippen LogP contribution in [0.2, 0.25) is 0 Å². The van der Waals surface area contributed by atoms with E-state index in [1.807, 2.05) is 0 Å². The summed E-state index contributed by atoms with van der Waals surface area (Å²) in [5, 5.41) is 0. The fourth-order valence-electron chi connectivity index (χ4n) is 6.50. The minimum atomic E-state index is 0.963. The van der Waals surface area contributed by atoms with Gasteiger partial charge in [-0.1, -0.05) is 133 Å². The van der Waals surface area contributed by atoms with Gasteiger partial charge in [0.15, 0.2) is 0 Å². The highest BCUT2D eigenvalue weighted by Crippen LogP contribution is 2.31. The first-order valence-corrected chi connectivity index (χ1v) is 14.5. The Morgan fingerprint density at radius 1 is 0.350 bits per heavy atom. The van der Waals surface area contributed by atoms with Crippen LogP contribution in [0.3, 0.4) is 0 Å². The minimum absolute atomic E-state index is 0.963. The second-order valence-corrected chi connectivity index (χ2v) is 11.3. The Hall–Kier alpha value is -4.42. The van der Waals surface area contributed by atoms with Crippen molar-refractivity contribution >= 4 is 11.1 Å². The topological polar surface area (TPSA) is 0 Å². The van der Waals surface area contributed by atoms with Gasteiger partial charge in [0.05, 0.1) is 0 Å². The van der Waals surface area contributed by atoms with E-state index in [9.17, 15) is 0 Å². The first kappa shape index (κ1) is 24.6. The second-order valence-electron chi connectivity index (χ2n) is 11.3. The van der Waals surface area contributed by atoms with Crippen LogP contribution in [0.4, 0.5) is 0 Å². The average molecular weight is 515 g/mol. The van der Waals surface area contributed by atoms with Gasteiger partial charge in [-0.3, -0.25) is 0 Å². The van der Waals surface area contributed by atoms with Crippen LogP contribution in [0.5, 0.6) is 0 Å². The predicted octanol–water partition coefficient (Wildman–Crippen LogP) is 9.23. The maximum absolute atomic E-state index is 2.40. The molecule has 0 nitrogen and oxygen atoms in total. The van der Waals surface area contributed by atoms with Gasteiger partial charge in [-0.2, -0.15) is 0 Å². The van der Waals surface area contributed by atoms with Gasteiger partial charge in [-0.15, -0.1) is 0 Å². The highest BCUT2D eigenvalue weighted by molar-refractivity contribution is 5.75. The van der Waals surface area contributed by atoms with Crippen molar-refractivity contribution < 1.29 is 0 Å². The highest BCUT2D eigenvalue weighted by atomic mass is 14.2. The first-order chi connectivity index (χ1) is 19.8. The van der Waals surface area contributed by atoms with Gasteiger partial charge < -0.3 is 0 Å². The Kier molecular flexibility index (Phi) is 6.76. The van der Waals surface area contributed by atoms with Crippen LogP contribution in [0.1, 0.15) is 55.6 Å². The van der Waals surface area contributed by atoms with Gasteiger partial charge in [0.2, 0.25) is 0 Å². The molecule has 0 amide bonds. The lowest BCUT2D eigenvalue weighted by molar-refractivity contribution is 1.12. The summed E-state index contributed by atoms with van der Waals surface area (Å²) in [6.07, 6.45) is 10.9. The summed E-state index contributed by atoms with van der Waals surface area (Å²) < 4.78 is 0. The van der Waals surface area contributed by atoms with Gasteiger partial charge in [0.1, 0.15) is 0 Å². The fraction of sp³-hybridized carbons (Fsp3) is 0.150. The van der Waals surface area contributed by atoms with E-state index in [-0.39, 0.29) is 0 Å². The number of allylic oxidation sites excluding steroid dienone is 4. The molecule has 0 heteroatoms. The van der Waals surface area contributed by atoms with Gasteiger partial charge >= 0.3 is 0 Å². The molecule has 5 aromatic rings. The molecule has 2 aliphatic rings. The zero-order valence-electron chi connectivity index (χ0n) is 22.9. The molecule has 0 spiro atoms. The summed E-state index contributed by atoms with van der Waals surface area (Å²) >= 11 is 0. The van der Waals surface area contributed by atoms with Crippen molar-refractivity contribution in [3.8, 4) is 0 Å². The van der Waals surface area contributed by atoms with E-state index in [0.717, 1.165) is 38.5 Å². The molecule has 0 bridgehead atoms. The van der Waals surface area contributed by atoms with Crippen LogP contribution in [-0.2, 0) is 38.5 Å². The Balaban J connectivity index is 1.02. The van der Waals surface area contributed by atoms with Gasteiger partial charge in [-0.25, -0.2) is 0 Å². The molecule has 0 aromatic heterocycles. The van der Waals surface area contributed by atoms with Crippen LogP contribution in [-0.4, -0.2) is 0 Å². The summed E-state index contributed by atoms with van der Waals surface area (Å²) in [4.78, 5) is 0. The van der Waals surface area contributed by atoms with Crippen LogP contribution in [0.25, 0.3) is 11.1 Å². The molecule has 5 aromatic carbocycles. The second kappa shape index (κ2) is 11.0.